The molecule has 0 aromatic heterocycles. The second-order valence-electron chi connectivity index (χ2n) is 10.5. The SMILES string of the molecule is CCCCCCCC1CCC(CCC2CC=C(CCc3ccc(C#N)cc3)CC2)CC1. The average Bonchev–Trinajstić information content (AvgIpc) is 2.83. The van der Waals surface area contributed by atoms with Gasteiger partial charge in [-0.1, -0.05) is 101 Å². The molecule has 0 amide bonds. The number of unbranched alkanes of at least 4 members (excludes halogenated alkanes) is 4. The average molecular weight is 420 g/mol. The van der Waals surface area contributed by atoms with E-state index in [0.29, 0.717) is 0 Å². The molecule has 1 aromatic carbocycles. The summed E-state index contributed by atoms with van der Waals surface area (Å²) in [7, 11) is 0. The molecule has 1 saturated carbocycles. The van der Waals surface area contributed by atoms with Crippen LogP contribution in [0.5, 0.6) is 0 Å². The van der Waals surface area contributed by atoms with Gasteiger partial charge < -0.3 is 0 Å². The van der Waals surface area contributed by atoms with Crippen LogP contribution >= 0.6 is 0 Å². The number of hydrogen-bond donors (Lipinski definition) is 0. The van der Waals surface area contributed by atoms with Gasteiger partial charge in [0, 0.05) is 0 Å². The summed E-state index contributed by atoms with van der Waals surface area (Å²) < 4.78 is 0. The molecule has 1 atom stereocenters. The monoisotopic (exact) mass is 419 g/mol. The molecule has 1 heteroatoms. The van der Waals surface area contributed by atoms with Gasteiger partial charge in [-0.2, -0.15) is 5.26 Å². The maximum atomic E-state index is 8.92. The van der Waals surface area contributed by atoms with Crippen molar-refractivity contribution in [3.8, 4) is 6.07 Å². The minimum atomic E-state index is 0.763. The minimum absolute atomic E-state index is 0.763. The molecule has 0 N–H and O–H groups in total. The van der Waals surface area contributed by atoms with Crippen molar-refractivity contribution in [2.45, 2.75) is 116 Å². The van der Waals surface area contributed by atoms with Crippen LogP contribution in [0.2, 0.25) is 0 Å². The van der Waals surface area contributed by atoms with Gasteiger partial charge in [0.15, 0.2) is 0 Å². The van der Waals surface area contributed by atoms with Gasteiger partial charge in [0.2, 0.25) is 0 Å². The van der Waals surface area contributed by atoms with Crippen molar-refractivity contribution in [3.05, 3.63) is 47.0 Å². The van der Waals surface area contributed by atoms with Crippen LogP contribution in [0, 0.1) is 29.1 Å². The third-order valence-electron chi connectivity index (χ3n) is 8.10. The van der Waals surface area contributed by atoms with Gasteiger partial charge >= 0.3 is 0 Å². The van der Waals surface area contributed by atoms with Gasteiger partial charge in [-0.25, -0.2) is 0 Å². The molecule has 3 rings (SSSR count). The van der Waals surface area contributed by atoms with Crippen molar-refractivity contribution in [1.29, 1.82) is 5.26 Å². The zero-order chi connectivity index (χ0) is 21.7. The van der Waals surface area contributed by atoms with Crippen molar-refractivity contribution in [1.82, 2.24) is 0 Å². The van der Waals surface area contributed by atoms with E-state index in [1.807, 2.05) is 12.1 Å². The van der Waals surface area contributed by atoms with Crippen LogP contribution in [-0.4, -0.2) is 0 Å². The van der Waals surface area contributed by atoms with Crippen molar-refractivity contribution < 1.29 is 0 Å². The summed E-state index contributed by atoms with van der Waals surface area (Å²) in [5, 5.41) is 8.92. The Labute approximate surface area is 192 Å². The van der Waals surface area contributed by atoms with Gasteiger partial charge in [0.25, 0.3) is 0 Å². The first-order chi connectivity index (χ1) is 15.3. The maximum absolute atomic E-state index is 8.92. The first-order valence-electron chi connectivity index (χ1n) is 13.4. The number of nitriles is 1. The Morgan fingerprint density at radius 1 is 0.774 bits per heavy atom. The van der Waals surface area contributed by atoms with E-state index in [-0.39, 0.29) is 0 Å². The Morgan fingerprint density at radius 3 is 2.10 bits per heavy atom. The summed E-state index contributed by atoms with van der Waals surface area (Å²) in [6, 6.07) is 10.3. The van der Waals surface area contributed by atoms with Gasteiger partial charge in [-0.15, -0.1) is 0 Å². The topological polar surface area (TPSA) is 23.8 Å². The summed E-state index contributed by atoms with van der Waals surface area (Å²) in [5.41, 5.74) is 3.79. The highest BCUT2D eigenvalue weighted by Gasteiger charge is 2.22. The molecule has 2 aliphatic carbocycles. The van der Waals surface area contributed by atoms with E-state index in [4.69, 9.17) is 5.26 Å². The van der Waals surface area contributed by atoms with Crippen LogP contribution in [0.1, 0.15) is 121 Å². The quantitative estimate of drug-likeness (QED) is 0.245. The van der Waals surface area contributed by atoms with Crippen LogP contribution in [0.15, 0.2) is 35.9 Å². The number of rotatable bonds is 12. The van der Waals surface area contributed by atoms with Crippen LogP contribution in [-0.2, 0) is 6.42 Å². The van der Waals surface area contributed by atoms with Crippen molar-refractivity contribution >= 4 is 0 Å². The molecule has 1 fully saturated rings. The van der Waals surface area contributed by atoms with Crippen LogP contribution < -0.4 is 0 Å². The van der Waals surface area contributed by atoms with Crippen molar-refractivity contribution in [3.63, 3.8) is 0 Å². The van der Waals surface area contributed by atoms with E-state index in [9.17, 15) is 0 Å². The van der Waals surface area contributed by atoms with Gasteiger partial charge in [-0.3, -0.25) is 0 Å². The highest BCUT2D eigenvalue weighted by molar-refractivity contribution is 5.32. The van der Waals surface area contributed by atoms with Crippen LogP contribution in [0.3, 0.4) is 0 Å². The molecule has 170 valence electrons. The minimum Gasteiger partial charge on any atom is -0.192 e. The Morgan fingerprint density at radius 2 is 1.45 bits per heavy atom. The zero-order valence-corrected chi connectivity index (χ0v) is 20.1. The highest BCUT2D eigenvalue weighted by Crippen LogP contribution is 2.37. The summed E-state index contributed by atoms with van der Waals surface area (Å²) in [6.07, 6.45) is 26.6. The highest BCUT2D eigenvalue weighted by atomic mass is 14.3. The summed E-state index contributed by atoms with van der Waals surface area (Å²) in [5.74, 6) is 3.02. The fraction of sp³-hybridized carbons (Fsp3) is 0.700. The second kappa shape index (κ2) is 13.8. The lowest BCUT2D eigenvalue weighted by molar-refractivity contribution is 0.234. The molecule has 0 radical (unpaired) electrons. The number of hydrogen-bond acceptors (Lipinski definition) is 1. The molecule has 1 unspecified atom stereocenters. The number of benzene rings is 1. The predicted molar refractivity (Wildman–Crippen MR) is 133 cm³/mol. The normalized spacial score (nSPS) is 23.9. The molecule has 1 aromatic rings. The van der Waals surface area contributed by atoms with E-state index in [1.165, 1.54) is 108 Å². The molecule has 0 saturated heterocycles. The third-order valence-corrected chi connectivity index (χ3v) is 8.10. The number of allylic oxidation sites excluding steroid dienone is 2. The van der Waals surface area contributed by atoms with Gasteiger partial charge in [0.1, 0.15) is 0 Å². The summed E-state index contributed by atoms with van der Waals surface area (Å²) in [6.45, 7) is 2.31. The van der Waals surface area contributed by atoms with E-state index in [0.717, 1.165) is 29.7 Å². The molecule has 31 heavy (non-hydrogen) atoms. The second-order valence-corrected chi connectivity index (χ2v) is 10.5. The van der Waals surface area contributed by atoms with Crippen LogP contribution in [0.4, 0.5) is 0 Å². The number of aryl methyl sites for hydroxylation is 1. The molecule has 0 bridgehead atoms. The van der Waals surface area contributed by atoms with Crippen molar-refractivity contribution in [2.75, 3.05) is 0 Å². The third kappa shape index (κ3) is 8.84. The van der Waals surface area contributed by atoms with Crippen LogP contribution in [0.25, 0.3) is 0 Å². The van der Waals surface area contributed by atoms with E-state index < -0.39 is 0 Å². The standard InChI is InChI=1S/C30H45N/c1-2-3-4-5-6-7-25-8-10-26(11-9-25)12-13-27-14-16-28(17-15-27)18-19-29-20-22-30(24-31)23-21-29/h16,20-23,25-27H,2-15,17-19H2,1H3. The lowest BCUT2D eigenvalue weighted by Crippen LogP contribution is -2.16. The fourth-order valence-electron chi connectivity index (χ4n) is 5.80. The lowest BCUT2D eigenvalue weighted by Gasteiger charge is -2.30. The summed E-state index contributed by atoms with van der Waals surface area (Å²) >= 11 is 0. The first kappa shape index (κ1) is 24.1. The lowest BCUT2D eigenvalue weighted by atomic mass is 9.76. The smallest absolute Gasteiger partial charge is 0.0991 e. The Hall–Kier alpha value is -1.55. The Balaban J connectivity index is 1.25. The van der Waals surface area contributed by atoms with E-state index in [2.05, 4.69) is 31.2 Å². The fourth-order valence-corrected chi connectivity index (χ4v) is 5.80. The first-order valence-corrected chi connectivity index (χ1v) is 13.4. The molecule has 0 aliphatic heterocycles. The summed E-state index contributed by atoms with van der Waals surface area (Å²) in [4.78, 5) is 0. The Kier molecular flexibility index (Phi) is 10.7. The molecule has 1 nitrogen and oxygen atoms in total. The maximum Gasteiger partial charge on any atom is 0.0991 e. The zero-order valence-electron chi connectivity index (χ0n) is 20.1. The van der Waals surface area contributed by atoms with E-state index >= 15 is 0 Å². The molecule has 0 heterocycles. The number of nitrogens with zero attached hydrogens (tertiary/aromatic N) is 1. The van der Waals surface area contributed by atoms with E-state index in [1.54, 1.807) is 5.57 Å². The van der Waals surface area contributed by atoms with Gasteiger partial charge in [-0.05, 0) is 74.0 Å². The van der Waals surface area contributed by atoms with Crippen molar-refractivity contribution in [2.24, 2.45) is 17.8 Å². The molecular formula is C30H45N. The largest absolute Gasteiger partial charge is 0.192 e. The Bertz CT molecular complexity index is 684. The van der Waals surface area contributed by atoms with Gasteiger partial charge in [0.05, 0.1) is 11.6 Å². The predicted octanol–water partition coefficient (Wildman–Crippen LogP) is 9.16. The molecule has 2 aliphatic rings. The molecular weight excluding hydrogens is 374 g/mol. The molecule has 0 spiro atoms.